The second-order valence-corrected chi connectivity index (χ2v) is 5.05. The molecule has 1 aliphatic rings. The van der Waals surface area contributed by atoms with E-state index in [1.807, 2.05) is 0 Å². The van der Waals surface area contributed by atoms with Gasteiger partial charge in [0.2, 0.25) is 0 Å². The molecule has 1 N–H and O–H groups in total. The van der Waals surface area contributed by atoms with Crippen molar-refractivity contribution in [2.75, 3.05) is 0 Å². The van der Waals surface area contributed by atoms with Gasteiger partial charge in [0, 0.05) is 9.51 Å². The quantitative estimate of drug-likeness (QED) is 0.473. The Morgan fingerprint density at radius 1 is 1.26 bits per heavy atom. The van der Waals surface area contributed by atoms with Crippen LogP contribution in [0.5, 0.6) is 0 Å². The monoisotopic (exact) mass is 334 g/mol. The molecule has 19 heavy (non-hydrogen) atoms. The van der Waals surface area contributed by atoms with E-state index in [1.54, 1.807) is 42.5 Å². The molecule has 5 heteroatoms. The molecule has 0 fully saturated rings. The summed E-state index contributed by atoms with van der Waals surface area (Å²) in [5.41, 5.74) is 2.47. The molecule has 0 heterocycles. The van der Waals surface area contributed by atoms with E-state index < -0.39 is 0 Å². The molecule has 0 saturated carbocycles. The van der Waals surface area contributed by atoms with Gasteiger partial charge in [0.15, 0.2) is 0 Å². The number of benzene rings is 1. The van der Waals surface area contributed by atoms with Crippen LogP contribution >= 0.6 is 27.5 Å². The third-order valence-electron chi connectivity index (χ3n) is 2.59. The van der Waals surface area contributed by atoms with E-state index in [-0.39, 0.29) is 0 Å². The van der Waals surface area contributed by atoms with Gasteiger partial charge in [0.1, 0.15) is 11.8 Å². The molecule has 0 aromatic heterocycles. The number of halogens is 2. The maximum absolute atomic E-state index is 9.31. The van der Waals surface area contributed by atoms with Crippen LogP contribution in [-0.4, -0.2) is 10.9 Å². The van der Waals surface area contributed by atoms with Gasteiger partial charge in [-0.2, -0.15) is 5.26 Å². The van der Waals surface area contributed by atoms with Crippen molar-refractivity contribution in [2.45, 2.75) is 0 Å². The van der Waals surface area contributed by atoms with Crippen LogP contribution in [0.3, 0.4) is 0 Å². The van der Waals surface area contributed by atoms with Gasteiger partial charge in [0.05, 0.1) is 5.57 Å². The Kier molecular flexibility index (Phi) is 4.20. The molecule has 0 radical (unpaired) electrons. The molecular weight excluding hydrogens is 328 g/mol. The van der Waals surface area contributed by atoms with Crippen LogP contribution in [-0.2, 0) is 0 Å². The zero-order chi connectivity index (χ0) is 13.8. The van der Waals surface area contributed by atoms with Crippen LogP contribution in [0, 0.1) is 11.3 Å². The summed E-state index contributed by atoms with van der Waals surface area (Å²) >= 11 is 9.12. The van der Waals surface area contributed by atoms with Gasteiger partial charge in [-0.15, -0.1) is 0 Å². The predicted octanol–water partition coefficient (Wildman–Crippen LogP) is 4.30. The highest BCUT2D eigenvalue weighted by atomic mass is 79.9. The summed E-state index contributed by atoms with van der Waals surface area (Å²) in [6, 6.07) is 9.23. The number of nitrogens with zero attached hydrogens (tertiary/aromatic N) is 2. The Balaban J connectivity index is 2.51. The lowest BCUT2D eigenvalue weighted by Gasteiger charge is -2.08. The summed E-state index contributed by atoms with van der Waals surface area (Å²) in [6.07, 6.45) is 5.10. The minimum Gasteiger partial charge on any atom is -0.410 e. The van der Waals surface area contributed by atoms with Crippen LogP contribution in [0.2, 0.25) is 5.02 Å². The van der Waals surface area contributed by atoms with Crippen molar-refractivity contribution in [2.24, 2.45) is 5.16 Å². The fourth-order valence-corrected chi connectivity index (χ4v) is 2.24. The average molecular weight is 336 g/mol. The van der Waals surface area contributed by atoms with Crippen molar-refractivity contribution in [3.8, 4) is 6.07 Å². The second-order valence-electron chi connectivity index (χ2n) is 3.76. The van der Waals surface area contributed by atoms with Crippen molar-refractivity contribution in [1.82, 2.24) is 0 Å². The highest BCUT2D eigenvalue weighted by Gasteiger charge is 2.12. The summed E-state index contributed by atoms with van der Waals surface area (Å²) in [5, 5.41) is 21.8. The minimum absolute atomic E-state index is 0.414. The number of nitriles is 1. The molecule has 94 valence electrons. The first-order chi connectivity index (χ1) is 9.15. The van der Waals surface area contributed by atoms with Crippen LogP contribution in [0.25, 0.3) is 5.57 Å². The van der Waals surface area contributed by atoms with Crippen molar-refractivity contribution < 1.29 is 5.21 Å². The van der Waals surface area contributed by atoms with Gasteiger partial charge in [-0.25, -0.2) is 0 Å². The molecule has 0 unspecified atom stereocenters. The zero-order valence-corrected chi connectivity index (χ0v) is 12.0. The van der Waals surface area contributed by atoms with Gasteiger partial charge >= 0.3 is 0 Å². The number of oxime groups is 1. The smallest absolute Gasteiger partial charge is 0.116 e. The Hall–Kier alpha value is -1.83. The molecule has 0 spiro atoms. The SMILES string of the molecule is N#C/C(=C1C=C/C(=N\O)C(Br)=C/1)c1ccc(Cl)cc1. The van der Waals surface area contributed by atoms with Gasteiger partial charge in [-0.1, -0.05) is 35.0 Å². The van der Waals surface area contributed by atoms with Crippen molar-refractivity contribution >= 4 is 38.8 Å². The standard InChI is InChI=1S/C14H8BrClN2O/c15-13-7-10(3-6-14(13)18-19)12(8-17)9-1-4-11(16)5-2-9/h1-7,19H/b12-10+,18-14+. The van der Waals surface area contributed by atoms with Crippen LogP contribution in [0.4, 0.5) is 0 Å². The summed E-state index contributed by atoms with van der Waals surface area (Å²) in [4.78, 5) is 0. The van der Waals surface area contributed by atoms with Crippen molar-refractivity contribution in [3.05, 3.63) is 63.1 Å². The highest BCUT2D eigenvalue weighted by Crippen LogP contribution is 2.27. The van der Waals surface area contributed by atoms with E-state index in [0.29, 0.717) is 20.8 Å². The Bertz CT molecular complexity index is 664. The molecule has 0 amide bonds. The van der Waals surface area contributed by atoms with Gasteiger partial charge in [-0.05, 0) is 51.4 Å². The maximum Gasteiger partial charge on any atom is 0.116 e. The maximum atomic E-state index is 9.31. The summed E-state index contributed by atoms with van der Waals surface area (Å²) in [6.45, 7) is 0. The van der Waals surface area contributed by atoms with E-state index in [9.17, 15) is 5.26 Å². The lowest BCUT2D eigenvalue weighted by Crippen LogP contribution is -2.00. The first-order valence-corrected chi connectivity index (χ1v) is 6.51. The fourth-order valence-electron chi connectivity index (χ4n) is 1.66. The summed E-state index contributed by atoms with van der Waals surface area (Å²) < 4.78 is 0.620. The van der Waals surface area contributed by atoms with Crippen LogP contribution < -0.4 is 0 Å². The molecular formula is C14H8BrClN2O. The Labute approximate surface area is 123 Å². The normalized spacial score (nSPS) is 19.0. The fraction of sp³-hybridized carbons (Fsp3) is 0. The number of hydrogen-bond acceptors (Lipinski definition) is 3. The average Bonchev–Trinajstić information content (AvgIpc) is 2.42. The summed E-state index contributed by atoms with van der Waals surface area (Å²) in [7, 11) is 0. The lowest BCUT2D eigenvalue weighted by molar-refractivity contribution is 0.320. The Morgan fingerprint density at radius 3 is 2.47 bits per heavy atom. The molecule has 3 nitrogen and oxygen atoms in total. The first kappa shape index (κ1) is 13.6. The van der Waals surface area contributed by atoms with Crippen LogP contribution in [0.1, 0.15) is 5.56 Å². The van der Waals surface area contributed by atoms with Crippen molar-refractivity contribution in [1.29, 1.82) is 5.26 Å². The van der Waals surface area contributed by atoms with Gasteiger partial charge in [0.25, 0.3) is 0 Å². The number of rotatable bonds is 1. The second kappa shape index (κ2) is 5.87. The number of hydrogen-bond donors (Lipinski definition) is 1. The highest BCUT2D eigenvalue weighted by molar-refractivity contribution is 9.12. The number of allylic oxidation sites excluding steroid dienone is 6. The van der Waals surface area contributed by atoms with Crippen molar-refractivity contribution in [3.63, 3.8) is 0 Å². The van der Waals surface area contributed by atoms with E-state index in [1.165, 1.54) is 0 Å². The van der Waals surface area contributed by atoms with E-state index in [4.69, 9.17) is 16.8 Å². The molecule has 0 saturated heterocycles. The molecule has 0 bridgehead atoms. The molecule has 1 aromatic rings. The van der Waals surface area contributed by atoms with Crippen LogP contribution in [0.15, 0.2) is 57.7 Å². The minimum atomic E-state index is 0.414. The first-order valence-electron chi connectivity index (χ1n) is 5.33. The van der Waals surface area contributed by atoms with Gasteiger partial charge < -0.3 is 5.21 Å². The molecule has 0 aliphatic heterocycles. The van der Waals surface area contributed by atoms with E-state index in [0.717, 1.165) is 11.1 Å². The molecule has 1 aliphatic carbocycles. The Morgan fingerprint density at radius 2 is 1.95 bits per heavy atom. The molecule has 0 atom stereocenters. The summed E-state index contributed by atoms with van der Waals surface area (Å²) in [5.74, 6) is 0. The topological polar surface area (TPSA) is 56.4 Å². The lowest BCUT2D eigenvalue weighted by atomic mass is 9.97. The third-order valence-corrected chi connectivity index (χ3v) is 3.48. The third kappa shape index (κ3) is 2.95. The predicted molar refractivity (Wildman–Crippen MR) is 79.4 cm³/mol. The van der Waals surface area contributed by atoms with E-state index in [2.05, 4.69) is 27.2 Å². The van der Waals surface area contributed by atoms with Gasteiger partial charge in [-0.3, -0.25) is 0 Å². The van der Waals surface area contributed by atoms with E-state index >= 15 is 0 Å². The molecule has 2 rings (SSSR count). The molecule has 1 aromatic carbocycles. The zero-order valence-electron chi connectivity index (χ0n) is 9.64. The largest absolute Gasteiger partial charge is 0.410 e.